The average molecular weight is 327 g/mol. The molecule has 0 radical (unpaired) electrons. The third-order valence-electron chi connectivity index (χ3n) is 3.28. The molecule has 2 aromatic rings. The van der Waals surface area contributed by atoms with E-state index >= 15 is 0 Å². The lowest BCUT2D eigenvalue weighted by molar-refractivity contribution is -0.174. The maximum atomic E-state index is 12.5. The van der Waals surface area contributed by atoms with Gasteiger partial charge in [-0.05, 0) is 38.5 Å². The van der Waals surface area contributed by atoms with Crippen molar-refractivity contribution in [3.8, 4) is 0 Å². The molecule has 5 nitrogen and oxygen atoms in total. The first-order chi connectivity index (χ1) is 11.4. The topological polar surface area (TPSA) is 65.5 Å². The van der Waals surface area contributed by atoms with Gasteiger partial charge in [-0.15, -0.1) is 0 Å². The molecular formula is C19H21NO4. The Balaban J connectivity index is 2.13. The van der Waals surface area contributed by atoms with Gasteiger partial charge < -0.3 is 9.47 Å². The van der Waals surface area contributed by atoms with Crippen LogP contribution in [-0.4, -0.2) is 16.9 Å². The summed E-state index contributed by atoms with van der Waals surface area (Å²) in [6.45, 7) is 5.31. The third-order valence-corrected chi connectivity index (χ3v) is 3.28. The first-order valence-corrected chi connectivity index (χ1v) is 7.69. The van der Waals surface area contributed by atoms with Crippen molar-refractivity contribution < 1.29 is 19.1 Å². The molecule has 24 heavy (non-hydrogen) atoms. The van der Waals surface area contributed by atoms with Crippen molar-refractivity contribution in [2.75, 3.05) is 0 Å². The summed E-state index contributed by atoms with van der Waals surface area (Å²) >= 11 is 0. The smallest absolute Gasteiger partial charge is 0.352 e. The molecule has 0 bridgehead atoms. The second-order valence-corrected chi connectivity index (χ2v) is 6.41. The highest BCUT2D eigenvalue weighted by molar-refractivity contribution is 5.82. The second kappa shape index (κ2) is 7.73. The van der Waals surface area contributed by atoms with Gasteiger partial charge in [0.2, 0.25) is 6.10 Å². The number of aromatic nitrogens is 1. The molecule has 0 amide bonds. The summed E-state index contributed by atoms with van der Waals surface area (Å²) in [6, 6.07) is 12.6. The number of ether oxygens (including phenoxy) is 2. The molecule has 0 saturated heterocycles. The number of carbonyl (C=O) groups excluding carboxylic acids is 2. The van der Waals surface area contributed by atoms with E-state index < -0.39 is 23.5 Å². The fourth-order valence-electron chi connectivity index (χ4n) is 1.88. The summed E-state index contributed by atoms with van der Waals surface area (Å²) in [5.74, 6) is -1.08. The molecule has 126 valence electrons. The molecule has 2 rings (SSSR count). The van der Waals surface area contributed by atoms with Crippen LogP contribution in [0, 0.1) is 5.41 Å². The van der Waals surface area contributed by atoms with E-state index in [9.17, 15) is 9.59 Å². The summed E-state index contributed by atoms with van der Waals surface area (Å²) in [6.07, 6.45) is 1.97. The van der Waals surface area contributed by atoms with Crippen LogP contribution in [0.4, 0.5) is 0 Å². The first kappa shape index (κ1) is 17.7. The Hall–Kier alpha value is -2.69. The number of hydrogen-bond acceptors (Lipinski definition) is 5. The number of benzene rings is 1. The molecule has 0 aliphatic carbocycles. The minimum Gasteiger partial charge on any atom is -0.458 e. The molecule has 0 spiro atoms. The van der Waals surface area contributed by atoms with E-state index in [2.05, 4.69) is 4.98 Å². The van der Waals surface area contributed by atoms with Crippen LogP contribution in [0.1, 0.15) is 38.0 Å². The van der Waals surface area contributed by atoms with Crippen molar-refractivity contribution in [2.45, 2.75) is 33.5 Å². The van der Waals surface area contributed by atoms with Gasteiger partial charge in [0.15, 0.2) is 0 Å². The van der Waals surface area contributed by atoms with Gasteiger partial charge in [-0.3, -0.25) is 9.78 Å². The van der Waals surface area contributed by atoms with E-state index in [1.54, 1.807) is 32.9 Å². The highest BCUT2D eigenvalue weighted by atomic mass is 16.6. The van der Waals surface area contributed by atoms with Crippen LogP contribution >= 0.6 is 0 Å². The van der Waals surface area contributed by atoms with E-state index in [1.807, 2.05) is 30.3 Å². The molecule has 0 aliphatic rings. The summed E-state index contributed by atoms with van der Waals surface area (Å²) < 4.78 is 10.7. The largest absolute Gasteiger partial charge is 0.458 e. The molecule has 1 aromatic carbocycles. The van der Waals surface area contributed by atoms with E-state index in [4.69, 9.17) is 9.47 Å². The van der Waals surface area contributed by atoms with Gasteiger partial charge in [-0.2, -0.15) is 0 Å². The van der Waals surface area contributed by atoms with Gasteiger partial charge in [-0.1, -0.05) is 30.3 Å². The Kier molecular flexibility index (Phi) is 5.68. The molecule has 1 unspecified atom stereocenters. The standard InChI is InChI=1S/C19H21NO4/c1-19(2,3)18(22)24-16(15-9-11-20-12-10-15)17(21)23-13-14-7-5-4-6-8-14/h4-12,16H,13H2,1-3H3. The number of nitrogens with zero attached hydrogens (tertiary/aromatic N) is 1. The van der Waals surface area contributed by atoms with Crippen LogP contribution < -0.4 is 0 Å². The van der Waals surface area contributed by atoms with Crippen molar-refractivity contribution in [1.29, 1.82) is 0 Å². The maximum Gasteiger partial charge on any atom is 0.352 e. The molecular weight excluding hydrogens is 306 g/mol. The van der Waals surface area contributed by atoms with Crippen LogP contribution in [0.3, 0.4) is 0 Å². The van der Waals surface area contributed by atoms with E-state index in [-0.39, 0.29) is 6.61 Å². The summed E-state index contributed by atoms with van der Waals surface area (Å²) in [7, 11) is 0. The fraction of sp³-hybridized carbons (Fsp3) is 0.316. The average Bonchev–Trinajstić information content (AvgIpc) is 2.58. The predicted molar refractivity (Wildman–Crippen MR) is 88.8 cm³/mol. The summed E-state index contributed by atoms with van der Waals surface area (Å²) in [5.41, 5.74) is 0.674. The van der Waals surface area contributed by atoms with Crippen LogP contribution in [-0.2, 0) is 25.7 Å². The molecule has 0 saturated carbocycles. The maximum absolute atomic E-state index is 12.5. The fourth-order valence-corrected chi connectivity index (χ4v) is 1.88. The van der Waals surface area contributed by atoms with Crippen molar-refractivity contribution in [2.24, 2.45) is 5.41 Å². The minimum absolute atomic E-state index is 0.119. The normalized spacial score (nSPS) is 12.3. The quantitative estimate of drug-likeness (QED) is 0.787. The molecule has 0 N–H and O–H groups in total. The van der Waals surface area contributed by atoms with Gasteiger partial charge in [0.05, 0.1) is 5.41 Å². The Morgan fingerprint density at radius 1 is 1.04 bits per heavy atom. The lowest BCUT2D eigenvalue weighted by Gasteiger charge is -2.22. The number of carbonyl (C=O) groups is 2. The SMILES string of the molecule is CC(C)(C)C(=O)OC(C(=O)OCc1ccccc1)c1ccncc1. The van der Waals surface area contributed by atoms with Crippen LogP contribution in [0.2, 0.25) is 0 Å². The zero-order valence-electron chi connectivity index (χ0n) is 14.1. The monoisotopic (exact) mass is 327 g/mol. The second-order valence-electron chi connectivity index (χ2n) is 6.41. The van der Waals surface area contributed by atoms with Crippen molar-refractivity contribution in [3.05, 3.63) is 66.0 Å². The van der Waals surface area contributed by atoms with Gasteiger partial charge >= 0.3 is 11.9 Å². The highest BCUT2D eigenvalue weighted by Gasteiger charge is 2.32. The van der Waals surface area contributed by atoms with Crippen LogP contribution in [0.25, 0.3) is 0 Å². The van der Waals surface area contributed by atoms with Crippen molar-refractivity contribution in [3.63, 3.8) is 0 Å². The number of esters is 2. The Bertz CT molecular complexity index is 678. The van der Waals surface area contributed by atoms with Crippen molar-refractivity contribution >= 4 is 11.9 Å². The lowest BCUT2D eigenvalue weighted by Crippen LogP contribution is -2.29. The first-order valence-electron chi connectivity index (χ1n) is 7.69. The molecule has 0 aliphatic heterocycles. The Labute approximate surface area is 141 Å². The van der Waals surface area contributed by atoms with Crippen molar-refractivity contribution in [1.82, 2.24) is 4.98 Å². The summed E-state index contributed by atoms with van der Waals surface area (Å²) in [4.78, 5) is 28.6. The number of pyridine rings is 1. The molecule has 0 fully saturated rings. The van der Waals surface area contributed by atoms with E-state index in [0.717, 1.165) is 5.56 Å². The zero-order valence-corrected chi connectivity index (χ0v) is 14.1. The van der Waals surface area contributed by atoms with Gasteiger partial charge in [-0.25, -0.2) is 4.79 Å². The van der Waals surface area contributed by atoms with Gasteiger partial charge in [0.1, 0.15) is 6.61 Å². The van der Waals surface area contributed by atoms with Crippen LogP contribution in [0.15, 0.2) is 54.9 Å². The molecule has 1 aromatic heterocycles. The Morgan fingerprint density at radius 2 is 1.67 bits per heavy atom. The number of rotatable bonds is 5. The molecule has 1 heterocycles. The van der Waals surface area contributed by atoms with Gasteiger partial charge in [0.25, 0.3) is 0 Å². The highest BCUT2D eigenvalue weighted by Crippen LogP contribution is 2.24. The number of hydrogen-bond donors (Lipinski definition) is 0. The third kappa shape index (κ3) is 4.91. The predicted octanol–water partition coefficient (Wildman–Crippen LogP) is 3.46. The minimum atomic E-state index is -1.11. The molecule has 1 atom stereocenters. The van der Waals surface area contributed by atoms with Crippen LogP contribution in [0.5, 0.6) is 0 Å². The van der Waals surface area contributed by atoms with E-state index in [1.165, 1.54) is 12.4 Å². The molecule has 5 heteroatoms. The summed E-state index contributed by atoms with van der Waals surface area (Å²) in [5, 5.41) is 0. The zero-order chi connectivity index (χ0) is 17.6. The van der Waals surface area contributed by atoms with E-state index in [0.29, 0.717) is 5.56 Å². The van der Waals surface area contributed by atoms with Gasteiger partial charge in [0, 0.05) is 18.0 Å². The lowest BCUT2D eigenvalue weighted by atomic mass is 9.97. The Morgan fingerprint density at radius 3 is 2.25 bits per heavy atom.